The third-order valence-corrected chi connectivity index (χ3v) is 4.27. The van der Waals surface area contributed by atoms with Crippen LogP contribution in [0.15, 0.2) is 18.3 Å². The molecule has 2 aliphatic rings. The molecule has 2 heterocycles. The van der Waals surface area contributed by atoms with Crippen LogP contribution in [0.3, 0.4) is 0 Å². The van der Waals surface area contributed by atoms with Gasteiger partial charge in [-0.1, -0.05) is 18.9 Å². The first-order valence-corrected chi connectivity index (χ1v) is 7.37. The largest absolute Gasteiger partial charge is 0.325 e. The number of pyridine rings is 1. The second kappa shape index (κ2) is 5.40. The van der Waals surface area contributed by atoms with Crippen molar-refractivity contribution in [2.75, 3.05) is 11.9 Å². The smallest absolute Gasteiger partial charge is 0.323 e. The summed E-state index contributed by atoms with van der Waals surface area (Å²) >= 11 is 0. The minimum absolute atomic E-state index is 0.289. The quantitative estimate of drug-likeness (QED) is 0.821. The van der Waals surface area contributed by atoms with Crippen molar-refractivity contribution < 1.29 is 14.4 Å². The van der Waals surface area contributed by atoms with Gasteiger partial charge in [-0.15, -0.1) is 0 Å². The van der Waals surface area contributed by atoms with Gasteiger partial charge in [0, 0.05) is 6.20 Å². The summed E-state index contributed by atoms with van der Waals surface area (Å²) in [7, 11) is 0. The Hall–Kier alpha value is -2.44. The fraction of sp³-hybridized carbons (Fsp3) is 0.467. The van der Waals surface area contributed by atoms with E-state index in [1.54, 1.807) is 12.3 Å². The molecular weight excluding hydrogens is 284 g/mol. The lowest BCUT2D eigenvalue weighted by molar-refractivity contribution is -0.133. The van der Waals surface area contributed by atoms with Crippen molar-refractivity contribution in [1.82, 2.24) is 15.2 Å². The Bertz CT molecular complexity index is 637. The number of aryl methyl sites for hydroxylation is 1. The van der Waals surface area contributed by atoms with Gasteiger partial charge in [-0.2, -0.15) is 0 Å². The highest BCUT2D eigenvalue weighted by molar-refractivity contribution is 6.10. The lowest BCUT2D eigenvalue weighted by Gasteiger charge is -2.19. The van der Waals surface area contributed by atoms with Gasteiger partial charge in [0.05, 0.1) is 0 Å². The minimum Gasteiger partial charge on any atom is -0.323 e. The van der Waals surface area contributed by atoms with Crippen LogP contribution in [-0.4, -0.2) is 39.8 Å². The first-order valence-electron chi connectivity index (χ1n) is 7.37. The summed E-state index contributed by atoms with van der Waals surface area (Å²) in [5, 5.41) is 5.38. The first-order chi connectivity index (χ1) is 10.5. The van der Waals surface area contributed by atoms with Crippen LogP contribution in [0.5, 0.6) is 0 Å². The Morgan fingerprint density at radius 1 is 1.41 bits per heavy atom. The predicted octanol–water partition coefficient (Wildman–Crippen LogP) is 1.19. The third-order valence-electron chi connectivity index (χ3n) is 4.27. The molecule has 1 saturated carbocycles. The van der Waals surface area contributed by atoms with Crippen LogP contribution in [0.2, 0.25) is 0 Å². The molecule has 0 radical (unpaired) electrons. The van der Waals surface area contributed by atoms with Crippen LogP contribution < -0.4 is 10.6 Å². The van der Waals surface area contributed by atoms with Gasteiger partial charge in [-0.25, -0.2) is 9.78 Å². The van der Waals surface area contributed by atoms with Gasteiger partial charge in [0.2, 0.25) is 5.91 Å². The standard InChI is InChI=1S/C15H18N4O3/c1-10-5-4-8-16-12(10)17-11(20)9-19-13(21)15(18-14(19)22)6-2-3-7-15/h4-5,8H,2-3,6-7,9H2,1H3,(H,18,22)(H,16,17,20). The molecule has 116 valence electrons. The van der Waals surface area contributed by atoms with Crippen LogP contribution in [0.25, 0.3) is 0 Å². The molecule has 1 aliphatic heterocycles. The van der Waals surface area contributed by atoms with Crippen molar-refractivity contribution in [2.45, 2.75) is 38.1 Å². The number of carbonyl (C=O) groups is 3. The Kier molecular flexibility index (Phi) is 3.56. The highest BCUT2D eigenvalue weighted by atomic mass is 16.2. The number of nitrogens with zero attached hydrogens (tertiary/aromatic N) is 2. The average Bonchev–Trinajstić information content (AvgIpc) is 3.03. The number of amides is 4. The van der Waals surface area contributed by atoms with Crippen LogP contribution in [0, 0.1) is 6.92 Å². The molecule has 22 heavy (non-hydrogen) atoms. The topological polar surface area (TPSA) is 91.4 Å². The molecule has 4 amide bonds. The number of imide groups is 1. The lowest BCUT2D eigenvalue weighted by atomic mass is 9.98. The summed E-state index contributed by atoms with van der Waals surface area (Å²) in [6.07, 6.45) is 4.70. The molecule has 1 saturated heterocycles. The van der Waals surface area contributed by atoms with E-state index >= 15 is 0 Å². The zero-order chi connectivity index (χ0) is 15.7. The van der Waals surface area contributed by atoms with E-state index in [1.807, 2.05) is 13.0 Å². The molecule has 1 aliphatic carbocycles. The van der Waals surface area contributed by atoms with Gasteiger partial charge < -0.3 is 10.6 Å². The fourth-order valence-corrected chi connectivity index (χ4v) is 3.07. The van der Waals surface area contributed by atoms with Crippen molar-refractivity contribution in [2.24, 2.45) is 0 Å². The fourth-order valence-electron chi connectivity index (χ4n) is 3.07. The van der Waals surface area contributed by atoms with Crippen molar-refractivity contribution in [3.05, 3.63) is 23.9 Å². The van der Waals surface area contributed by atoms with Crippen molar-refractivity contribution >= 4 is 23.7 Å². The number of hydrogen-bond donors (Lipinski definition) is 2. The minimum atomic E-state index is -0.779. The Morgan fingerprint density at radius 2 is 2.14 bits per heavy atom. The van der Waals surface area contributed by atoms with Gasteiger partial charge in [0.15, 0.2) is 0 Å². The number of nitrogens with one attached hydrogen (secondary N) is 2. The van der Waals surface area contributed by atoms with E-state index in [9.17, 15) is 14.4 Å². The molecule has 1 spiro atoms. The van der Waals surface area contributed by atoms with E-state index in [0.29, 0.717) is 18.7 Å². The van der Waals surface area contributed by atoms with E-state index in [4.69, 9.17) is 0 Å². The van der Waals surface area contributed by atoms with Gasteiger partial charge in [0.1, 0.15) is 17.9 Å². The molecule has 1 aromatic heterocycles. The number of rotatable bonds is 3. The molecular formula is C15H18N4O3. The van der Waals surface area contributed by atoms with E-state index in [0.717, 1.165) is 23.3 Å². The van der Waals surface area contributed by atoms with E-state index in [1.165, 1.54) is 0 Å². The lowest BCUT2D eigenvalue weighted by Crippen LogP contribution is -2.44. The van der Waals surface area contributed by atoms with E-state index in [2.05, 4.69) is 15.6 Å². The normalized spacial score (nSPS) is 19.6. The summed E-state index contributed by atoms with van der Waals surface area (Å²) in [4.78, 5) is 41.6. The van der Waals surface area contributed by atoms with Crippen LogP contribution in [-0.2, 0) is 9.59 Å². The van der Waals surface area contributed by atoms with Crippen LogP contribution in [0.1, 0.15) is 31.2 Å². The molecule has 1 aromatic rings. The van der Waals surface area contributed by atoms with Gasteiger partial charge in [0.25, 0.3) is 5.91 Å². The SMILES string of the molecule is Cc1cccnc1NC(=O)CN1C(=O)NC2(CCCC2)C1=O. The second-order valence-electron chi connectivity index (χ2n) is 5.83. The number of aromatic nitrogens is 1. The Morgan fingerprint density at radius 3 is 2.82 bits per heavy atom. The highest BCUT2D eigenvalue weighted by Gasteiger charge is 2.52. The number of urea groups is 1. The molecule has 0 unspecified atom stereocenters. The van der Waals surface area contributed by atoms with Gasteiger partial charge >= 0.3 is 6.03 Å². The predicted molar refractivity (Wildman–Crippen MR) is 79.0 cm³/mol. The molecule has 0 atom stereocenters. The first kappa shape index (κ1) is 14.5. The maximum Gasteiger partial charge on any atom is 0.325 e. The molecule has 0 aromatic carbocycles. The van der Waals surface area contributed by atoms with Crippen LogP contribution in [0.4, 0.5) is 10.6 Å². The molecule has 7 heteroatoms. The maximum absolute atomic E-state index is 12.4. The summed E-state index contributed by atoms with van der Waals surface area (Å²) in [5.41, 5.74) is 0.0402. The van der Waals surface area contributed by atoms with Crippen molar-refractivity contribution in [3.63, 3.8) is 0 Å². The number of carbonyl (C=O) groups excluding carboxylic acids is 3. The molecule has 0 bridgehead atoms. The molecule has 2 N–H and O–H groups in total. The van der Waals surface area contributed by atoms with E-state index in [-0.39, 0.29) is 12.5 Å². The maximum atomic E-state index is 12.4. The molecule has 2 fully saturated rings. The van der Waals surface area contributed by atoms with Gasteiger partial charge in [-0.3, -0.25) is 14.5 Å². The van der Waals surface area contributed by atoms with Gasteiger partial charge in [-0.05, 0) is 31.4 Å². The third kappa shape index (κ3) is 2.43. The summed E-state index contributed by atoms with van der Waals surface area (Å²) in [6, 6.07) is 3.11. The van der Waals surface area contributed by atoms with Crippen molar-refractivity contribution in [1.29, 1.82) is 0 Å². The Balaban J connectivity index is 1.68. The zero-order valence-corrected chi connectivity index (χ0v) is 12.4. The molecule has 7 nitrogen and oxygen atoms in total. The highest BCUT2D eigenvalue weighted by Crippen LogP contribution is 2.34. The zero-order valence-electron chi connectivity index (χ0n) is 12.4. The van der Waals surface area contributed by atoms with Crippen LogP contribution >= 0.6 is 0 Å². The monoisotopic (exact) mass is 302 g/mol. The number of hydrogen-bond acceptors (Lipinski definition) is 4. The van der Waals surface area contributed by atoms with E-state index < -0.39 is 17.5 Å². The Labute approximate surface area is 128 Å². The summed E-state index contributed by atoms with van der Waals surface area (Å²) in [6.45, 7) is 1.53. The van der Waals surface area contributed by atoms with Crippen molar-refractivity contribution in [3.8, 4) is 0 Å². The number of anilines is 1. The molecule has 3 rings (SSSR count). The average molecular weight is 302 g/mol. The summed E-state index contributed by atoms with van der Waals surface area (Å²) < 4.78 is 0. The second-order valence-corrected chi connectivity index (χ2v) is 5.83. The summed E-state index contributed by atoms with van der Waals surface area (Å²) in [5.74, 6) is -0.279.